The van der Waals surface area contributed by atoms with E-state index >= 15 is 0 Å². The molecule has 0 bridgehead atoms. The lowest BCUT2D eigenvalue weighted by molar-refractivity contribution is -0.140. The van der Waals surface area contributed by atoms with Crippen molar-refractivity contribution in [3.8, 4) is 17.2 Å². The van der Waals surface area contributed by atoms with E-state index in [4.69, 9.17) is 14.2 Å². The van der Waals surface area contributed by atoms with Gasteiger partial charge in [0, 0.05) is 24.9 Å². The molecule has 2 aromatic rings. The number of benzene rings is 2. The summed E-state index contributed by atoms with van der Waals surface area (Å²) in [5, 5.41) is 0. The van der Waals surface area contributed by atoms with Crippen LogP contribution in [0.2, 0.25) is 0 Å². The van der Waals surface area contributed by atoms with Crippen LogP contribution in [0.5, 0.6) is 17.2 Å². The quantitative estimate of drug-likeness (QED) is 0.745. The molecule has 0 radical (unpaired) electrons. The number of ether oxygens (including phenoxy) is 3. The van der Waals surface area contributed by atoms with Gasteiger partial charge in [0.15, 0.2) is 17.6 Å². The smallest absolute Gasteiger partial charge is 0.264 e. The van der Waals surface area contributed by atoms with E-state index in [1.54, 1.807) is 0 Å². The summed E-state index contributed by atoms with van der Waals surface area (Å²) in [7, 11) is 0. The molecule has 1 spiro atoms. The summed E-state index contributed by atoms with van der Waals surface area (Å²) < 4.78 is 17.7. The molecule has 6 rings (SSSR count). The van der Waals surface area contributed by atoms with E-state index in [0.717, 1.165) is 42.2 Å². The van der Waals surface area contributed by atoms with Crippen molar-refractivity contribution < 1.29 is 19.0 Å². The molecule has 0 unspecified atom stereocenters. The molecule has 0 N–H and O–H groups in total. The van der Waals surface area contributed by atoms with E-state index in [1.807, 2.05) is 23.1 Å². The van der Waals surface area contributed by atoms with Crippen molar-refractivity contribution in [2.75, 3.05) is 19.8 Å². The largest absolute Gasteiger partial charge is 0.486 e. The Balaban J connectivity index is 1.33. The Morgan fingerprint density at radius 1 is 0.966 bits per heavy atom. The fourth-order valence-electron chi connectivity index (χ4n) is 5.63. The van der Waals surface area contributed by atoms with Crippen molar-refractivity contribution in [1.82, 2.24) is 4.90 Å². The van der Waals surface area contributed by atoms with E-state index in [2.05, 4.69) is 18.2 Å². The number of nitrogens with zero attached hydrogens (tertiary/aromatic N) is 1. The summed E-state index contributed by atoms with van der Waals surface area (Å²) in [6.45, 7) is 2.56. The topological polar surface area (TPSA) is 48.0 Å². The molecule has 5 heteroatoms. The van der Waals surface area contributed by atoms with Gasteiger partial charge < -0.3 is 19.1 Å². The monoisotopic (exact) mass is 391 g/mol. The summed E-state index contributed by atoms with van der Waals surface area (Å²) in [5.41, 5.74) is 3.72. The lowest BCUT2D eigenvalue weighted by Gasteiger charge is -2.43. The van der Waals surface area contributed by atoms with Crippen LogP contribution in [-0.4, -0.2) is 36.7 Å². The van der Waals surface area contributed by atoms with Crippen molar-refractivity contribution in [2.24, 2.45) is 0 Å². The minimum absolute atomic E-state index is 0.0323. The van der Waals surface area contributed by atoms with Gasteiger partial charge in [-0.1, -0.05) is 31.0 Å². The standard InChI is InChI=1S/C24H25NO4/c26-23(22-11-16-5-1-2-6-19(16)29-22)25-14-17-12-20-21(28-10-9-27-20)13-18(17)24(15-25)7-3-4-8-24/h1-2,5-6,12-13,22H,3-4,7-11,14-15H2/t22-/m0/s1. The Morgan fingerprint density at radius 3 is 2.52 bits per heavy atom. The van der Waals surface area contributed by atoms with Crippen LogP contribution < -0.4 is 14.2 Å². The van der Waals surface area contributed by atoms with Crippen LogP contribution in [-0.2, 0) is 23.2 Å². The number of fused-ring (bicyclic) bond motifs is 4. The fourth-order valence-corrected chi connectivity index (χ4v) is 5.63. The molecule has 0 aromatic heterocycles. The Bertz CT molecular complexity index is 954. The summed E-state index contributed by atoms with van der Waals surface area (Å²) in [6.07, 6.45) is 4.91. The van der Waals surface area contributed by atoms with Crippen LogP contribution in [0, 0.1) is 0 Å². The highest BCUT2D eigenvalue weighted by molar-refractivity contribution is 5.83. The average Bonchev–Trinajstić information content (AvgIpc) is 3.39. The van der Waals surface area contributed by atoms with Gasteiger partial charge in [-0.25, -0.2) is 0 Å². The molecule has 1 saturated carbocycles. The van der Waals surface area contributed by atoms with Crippen molar-refractivity contribution in [2.45, 2.75) is 50.2 Å². The maximum atomic E-state index is 13.5. The third kappa shape index (κ3) is 2.70. The maximum absolute atomic E-state index is 13.5. The first-order valence-corrected chi connectivity index (χ1v) is 10.7. The second-order valence-corrected chi connectivity index (χ2v) is 8.75. The molecule has 5 nitrogen and oxygen atoms in total. The second-order valence-electron chi connectivity index (χ2n) is 8.75. The normalized spacial score (nSPS) is 23.4. The first kappa shape index (κ1) is 17.2. The minimum Gasteiger partial charge on any atom is -0.486 e. The van der Waals surface area contributed by atoms with E-state index in [-0.39, 0.29) is 11.3 Å². The zero-order valence-corrected chi connectivity index (χ0v) is 16.5. The first-order valence-electron chi connectivity index (χ1n) is 10.7. The molecule has 1 aliphatic carbocycles. The summed E-state index contributed by atoms with van der Waals surface area (Å²) in [4.78, 5) is 15.5. The van der Waals surface area contributed by atoms with Gasteiger partial charge in [-0.05, 0) is 47.7 Å². The van der Waals surface area contributed by atoms with Crippen LogP contribution >= 0.6 is 0 Å². The highest BCUT2D eigenvalue weighted by Gasteiger charge is 2.45. The summed E-state index contributed by atoms with van der Waals surface area (Å²) in [6, 6.07) is 12.3. The van der Waals surface area contributed by atoms with E-state index in [9.17, 15) is 4.79 Å². The molecule has 0 saturated heterocycles. The second kappa shape index (κ2) is 6.41. The van der Waals surface area contributed by atoms with E-state index in [0.29, 0.717) is 26.2 Å². The molecule has 4 aliphatic rings. The lowest BCUT2D eigenvalue weighted by atomic mass is 9.73. The highest BCUT2D eigenvalue weighted by Crippen LogP contribution is 2.49. The zero-order chi connectivity index (χ0) is 19.4. The van der Waals surface area contributed by atoms with Gasteiger partial charge in [-0.15, -0.1) is 0 Å². The number of carbonyl (C=O) groups excluding carboxylic acids is 1. The number of hydrogen-bond acceptors (Lipinski definition) is 4. The predicted molar refractivity (Wildman–Crippen MR) is 108 cm³/mol. The Hall–Kier alpha value is -2.69. The third-order valence-corrected chi connectivity index (χ3v) is 6.99. The highest BCUT2D eigenvalue weighted by atomic mass is 16.6. The zero-order valence-electron chi connectivity index (χ0n) is 16.5. The predicted octanol–water partition coefficient (Wildman–Crippen LogP) is 3.62. The van der Waals surface area contributed by atoms with Crippen LogP contribution in [0.25, 0.3) is 0 Å². The van der Waals surface area contributed by atoms with Crippen molar-refractivity contribution in [3.05, 3.63) is 53.1 Å². The molecular formula is C24H25NO4. The number of hydrogen-bond donors (Lipinski definition) is 0. The molecule has 2 aromatic carbocycles. The van der Waals surface area contributed by atoms with Gasteiger partial charge in [-0.2, -0.15) is 0 Å². The summed E-state index contributed by atoms with van der Waals surface area (Å²) in [5.74, 6) is 2.61. The molecule has 3 aliphatic heterocycles. The SMILES string of the molecule is O=C([C@@H]1Cc2ccccc2O1)N1Cc2cc3c(cc2C2(CCCC2)C1)OCCO3. The van der Waals surface area contributed by atoms with Crippen LogP contribution in [0.1, 0.15) is 42.4 Å². The number of para-hydroxylation sites is 1. The van der Waals surface area contributed by atoms with Gasteiger partial charge in [-0.3, -0.25) is 4.79 Å². The lowest BCUT2D eigenvalue weighted by Crippen LogP contribution is -2.50. The maximum Gasteiger partial charge on any atom is 0.264 e. The van der Waals surface area contributed by atoms with Crippen LogP contribution in [0.4, 0.5) is 0 Å². The molecule has 150 valence electrons. The molecule has 1 fully saturated rings. The fraction of sp³-hybridized carbons (Fsp3) is 0.458. The van der Waals surface area contributed by atoms with E-state index < -0.39 is 6.10 Å². The molecule has 3 heterocycles. The van der Waals surface area contributed by atoms with Crippen molar-refractivity contribution >= 4 is 5.91 Å². The Kier molecular flexibility index (Phi) is 3.80. The van der Waals surface area contributed by atoms with Crippen molar-refractivity contribution in [3.63, 3.8) is 0 Å². The number of rotatable bonds is 1. The van der Waals surface area contributed by atoms with Gasteiger partial charge in [0.2, 0.25) is 0 Å². The van der Waals surface area contributed by atoms with Crippen LogP contribution in [0.3, 0.4) is 0 Å². The van der Waals surface area contributed by atoms with Gasteiger partial charge in [0.25, 0.3) is 5.91 Å². The molecule has 1 atom stereocenters. The van der Waals surface area contributed by atoms with E-state index in [1.165, 1.54) is 24.0 Å². The third-order valence-electron chi connectivity index (χ3n) is 6.99. The van der Waals surface area contributed by atoms with Crippen molar-refractivity contribution in [1.29, 1.82) is 0 Å². The van der Waals surface area contributed by atoms with Gasteiger partial charge in [0.1, 0.15) is 19.0 Å². The molecular weight excluding hydrogens is 366 g/mol. The van der Waals surface area contributed by atoms with Crippen LogP contribution in [0.15, 0.2) is 36.4 Å². The Morgan fingerprint density at radius 2 is 1.72 bits per heavy atom. The molecule has 29 heavy (non-hydrogen) atoms. The number of amides is 1. The summed E-state index contributed by atoms with van der Waals surface area (Å²) >= 11 is 0. The average molecular weight is 391 g/mol. The molecule has 1 amide bonds. The van der Waals surface area contributed by atoms with Gasteiger partial charge in [0.05, 0.1) is 0 Å². The van der Waals surface area contributed by atoms with Gasteiger partial charge >= 0.3 is 0 Å². The first-order chi connectivity index (χ1) is 14.2. The minimum atomic E-state index is -0.412. The number of carbonyl (C=O) groups is 1. The Labute approximate surface area is 170 Å².